The number of allylic oxidation sites excluding steroid dienone is 4. The Morgan fingerprint density at radius 1 is 1.57 bits per heavy atom. The van der Waals surface area contributed by atoms with Crippen LogP contribution in [0.4, 0.5) is 0 Å². The molecule has 3 heteroatoms. The molecule has 76 valence electrons. The number of halogens is 1. The highest BCUT2D eigenvalue weighted by Crippen LogP contribution is 2.20. The van der Waals surface area contributed by atoms with Crippen LogP contribution in [0.15, 0.2) is 34.9 Å². The Morgan fingerprint density at radius 3 is 2.86 bits per heavy atom. The highest BCUT2D eigenvalue weighted by molar-refractivity contribution is 9.09. The van der Waals surface area contributed by atoms with E-state index in [9.17, 15) is 4.79 Å². The molecule has 0 radical (unpaired) electrons. The second-order valence-electron chi connectivity index (χ2n) is 3.15. The minimum absolute atomic E-state index is 0.265. The molecule has 1 rings (SSSR count). The van der Waals surface area contributed by atoms with Gasteiger partial charge in [0.25, 0.3) is 0 Å². The van der Waals surface area contributed by atoms with Gasteiger partial charge in [0.05, 0.1) is 12.7 Å². The van der Waals surface area contributed by atoms with Crippen LogP contribution in [0, 0.1) is 0 Å². The summed E-state index contributed by atoms with van der Waals surface area (Å²) in [4.78, 5) is 11.4. The first-order valence-corrected chi connectivity index (χ1v) is 5.52. The summed E-state index contributed by atoms with van der Waals surface area (Å²) in [7, 11) is 1.40. The molecule has 0 aromatic carbocycles. The first kappa shape index (κ1) is 11.2. The van der Waals surface area contributed by atoms with Crippen molar-refractivity contribution in [3.8, 4) is 0 Å². The Balaban J connectivity index is 3.00. The molecule has 0 aliphatic heterocycles. The highest BCUT2D eigenvalue weighted by atomic mass is 79.9. The summed E-state index contributed by atoms with van der Waals surface area (Å²) in [6, 6.07) is 0. The van der Waals surface area contributed by atoms with Crippen LogP contribution in [0.5, 0.6) is 0 Å². The standard InChI is InChI=1S/C11H13BrO2/c1-8-3-5-9(7-12)10(6-4-8)11(13)14-2/h3,5-6H,4,7H2,1-2H3. The van der Waals surface area contributed by atoms with Crippen LogP contribution in [0.25, 0.3) is 0 Å². The molecule has 14 heavy (non-hydrogen) atoms. The average molecular weight is 257 g/mol. The number of hydrogen-bond acceptors (Lipinski definition) is 2. The van der Waals surface area contributed by atoms with Gasteiger partial charge in [-0.2, -0.15) is 0 Å². The fourth-order valence-corrected chi connectivity index (χ4v) is 1.72. The SMILES string of the molecule is COC(=O)C1=CCC(C)=CC=C1CBr. The van der Waals surface area contributed by atoms with E-state index in [0.717, 1.165) is 12.0 Å². The van der Waals surface area contributed by atoms with Gasteiger partial charge in [0.1, 0.15) is 0 Å². The number of carbonyl (C=O) groups excluding carboxylic acids is 1. The predicted molar refractivity (Wildman–Crippen MR) is 60.4 cm³/mol. The van der Waals surface area contributed by atoms with Crippen molar-refractivity contribution in [3.63, 3.8) is 0 Å². The Kier molecular flexibility index (Phi) is 4.14. The van der Waals surface area contributed by atoms with Gasteiger partial charge in [-0.1, -0.05) is 39.7 Å². The van der Waals surface area contributed by atoms with Gasteiger partial charge in [0.2, 0.25) is 0 Å². The van der Waals surface area contributed by atoms with E-state index in [0.29, 0.717) is 10.9 Å². The number of rotatable bonds is 2. The summed E-state index contributed by atoms with van der Waals surface area (Å²) >= 11 is 3.36. The quantitative estimate of drug-likeness (QED) is 0.561. The molecule has 1 aliphatic rings. The average Bonchev–Trinajstić information content (AvgIpc) is 2.39. The van der Waals surface area contributed by atoms with Gasteiger partial charge in [-0.3, -0.25) is 0 Å². The number of methoxy groups -OCH3 is 1. The van der Waals surface area contributed by atoms with Crippen LogP contribution in [0.1, 0.15) is 13.3 Å². The number of alkyl halides is 1. The van der Waals surface area contributed by atoms with E-state index < -0.39 is 0 Å². The predicted octanol–water partition coefficient (Wildman–Crippen LogP) is 2.76. The molecule has 0 atom stereocenters. The van der Waals surface area contributed by atoms with Gasteiger partial charge < -0.3 is 4.74 Å². The summed E-state index contributed by atoms with van der Waals surface area (Å²) in [5.74, 6) is -0.265. The normalized spacial score (nSPS) is 16.4. The molecule has 1 aliphatic carbocycles. The molecule has 0 saturated carbocycles. The molecule has 0 spiro atoms. The zero-order valence-corrected chi connectivity index (χ0v) is 9.93. The van der Waals surface area contributed by atoms with Gasteiger partial charge in [-0.05, 0) is 18.9 Å². The van der Waals surface area contributed by atoms with Gasteiger partial charge in [-0.25, -0.2) is 4.79 Å². The largest absolute Gasteiger partial charge is 0.465 e. The monoisotopic (exact) mass is 256 g/mol. The van der Waals surface area contributed by atoms with E-state index in [1.807, 2.05) is 25.2 Å². The molecule has 0 saturated heterocycles. The van der Waals surface area contributed by atoms with Crippen molar-refractivity contribution in [1.82, 2.24) is 0 Å². The fraction of sp³-hybridized carbons (Fsp3) is 0.364. The lowest BCUT2D eigenvalue weighted by Crippen LogP contribution is -2.07. The maximum absolute atomic E-state index is 11.4. The van der Waals surface area contributed by atoms with Crippen LogP contribution >= 0.6 is 15.9 Å². The maximum Gasteiger partial charge on any atom is 0.337 e. The summed E-state index contributed by atoms with van der Waals surface area (Å²) in [6.45, 7) is 2.04. The Labute approximate surface area is 92.5 Å². The van der Waals surface area contributed by atoms with Crippen LogP contribution in [0.3, 0.4) is 0 Å². The van der Waals surface area contributed by atoms with Crippen molar-refractivity contribution >= 4 is 21.9 Å². The van der Waals surface area contributed by atoms with Crippen LogP contribution in [0.2, 0.25) is 0 Å². The van der Waals surface area contributed by atoms with Crippen molar-refractivity contribution in [3.05, 3.63) is 34.9 Å². The molecular formula is C11H13BrO2. The topological polar surface area (TPSA) is 26.3 Å². The number of carbonyl (C=O) groups is 1. The molecule has 0 bridgehead atoms. The van der Waals surface area contributed by atoms with E-state index in [1.165, 1.54) is 12.7 Å². The third-order valence-electron chi connectivity index (χ3n) is 2.09. The first-order chi connectivity index (χ1) is 6.69. The smallest absolute Gasteiger partial charge is 0.337 e. The second kappa shape index (κ2) is 5.15. The van der Waals surface area contributed by atoms with E-state index in [1.54, 1.807) is 0 Å². The van der Waals surface area contributed by atoms with Crippen molar-refractivity contribution in [1.29, 1.82) is 0 Å². The molecule has 0 heterocycles. The number of ether oxygens (including phenoxy) is 1. The molecule has 0 amide bonds. The second-order valence-corrected chi connectivity index (χ2v) is 3.71. The summed E-state index contributed by atoms with van der Waals surface area (Å²) in [6.07, 6.45) is 6.71. The van der Waals surface area contributed by atoms with Crippen molar-refractivity contribution in [2.45, 2.75) is 13.3 Å². The molecule has 0 unspecified atom stereocenters. The van der Waals surface area contributed by atoms with Crippen molar-refractivity contribution in [2.24, 2.45) is 0 Å². The molecule has 0 aromatic rings. The molecular weight excluding hydrogens is 244 g/mol. The zero-order chi connectivity index (χ0) is 10.6. The molecule has 0 N–H and O–H groups in total. The van der Waals surface area contributed by atoms with Gasteiger partial charge >= 0.3 is 5.97 Å². The third kappa shape index (κ3) is 2.58. The van der Waals surface area contributed by atoms with E-state index in [2.05, 4.69) is 15.9 Å². The summed E-state index contributed by atoms with van der Waals surface area (Å²) in [5.41, 5.74) is 2.87. The van der Waals surface area contributed by atoms with Gasteiger partial charge in [0, 0.05) is 5.33 Å². The van der Waals surface area contributed by atoms with E-state index in [-0.39, 0.29) is 5.97 Å². The van der Waals surface area contributed by atoms with Crippen LogP contribution in [-0.2, 0) is 9.53 Å². The Morgan fingerprint density at radius 2 is 2.29 bits per heavy atom. The maximum atomic E-state index is 11.4. The minimum Gasteiger partial charge on any atom is -0.465 e. The fourth-order valence-electron chi connectivity index (χ4n) is 1.24. The number of esters is 1. The highest BCUT2D eigenvalue weighted by Gasteiger charge is 2.14. The Hall–Kier alpha value is -0.830. The molecule has 0 fully saturated rings. The van der Waals surface area contributed by atoms with Gasteiger partial charge in [0.15, 0.2) is 0 Å². The van der Waals surface area contributed by atoms with Crippen LogP contribution in [-0.4, -0.2) is 18.4 Å². The van der Waals surface area contributed by atoms with E-state index in [4.69, 9.17) is 4.74 Å². The minimum atomic E-state index is -0.265. The van der Waals surface area contributed by atoms with Crippen LogP contribution < -0.4 is 0 Å². The van der Waals surface area contributed by atoms with Crippen molar-refractivity contribution < 1.29 is 9.53 Å². The van der Waals surface area contributed by atoms with E-state index >= 15 is 0 Å². The lowest BCUT2D eigenvalue weighted by Gasteiger charge is -2.05. The first-order valence-electron chi connectivity index (χ1n) is 4.40. The summed E-state index contributed by atoms with van der Waals surface area (Å²) in [5, 5.41) is 0.664. The Bertz CT molecular complexity index is 324. The number of hydrogen-bond donors (Lipinski definition) is 0. The third-order valence-corrected chi connectivity index (χ3v) is 2.70. The molecule has 2 nitrogen and oxygen atoms in total. The van der Waals surface area contributed by atoms with Crippen molar-refractivity contribution in [2.75, 3.05) is 12.4 Å². The lowest BCUT2D eigenvalue weighted by molar-refractivity contribution is -0.135. The lowest BCUT2D eigenvalue weighted by atomic mass is 10.1. The molecule has 0 aromatic heterocycles. The van der Waals surface area contributed by atoms with Gasteiger partial charge in [-0.15, -0.1) is 0 Å². The zero-order valence-electron chi connectivity index (χ0n) is 8.34. The summed E-state index contributed by atoms with van der Waals surface area (Å²) < 4.78 is 4.72.